The van der Waals surface area contributed by atoms with Gasteiger partial charge >= 0.3 is 0 Å². The van der Waals surface area contributed by atoms with Gasteiger partial charge in [-0.15, -0.1) is 0 Å². The molecule has 0 saturated heterocycles. The number of likely N-dealkylation sites (N-methyl/N-ethyl adjacent to an activating group) is 1. The van der Waals surface area contributed by atoms with Crippen molar-refractivity contribution < 1.29 is 4.74 Å². The van der Waals surface area contributed by atoms with Crippen molar-refractivity contribution in [3.8, 4) is 0 Å². The number of nitrogens with one attached hydrogen (secondary N) is 1. The van der Waals surface area contributed by atoms with Crippen molar-refractivity contribution >= 4 is 10.8 Å². The van der Waals surface area contributed by atoms with Gasteiger partial charge in [0.1, 0.15) is 0 Å². The molecule has 0 aliphatic heterocycles. The lowest BCUT2D eigenvalue weighted by Crippen LogP contribution is -2.26. The van der Waals surface area contributed by atoms with Gasteiger partial charge in [0.05, 0.1) is 18.8 Å². The van der Waals surface area contributed by atoms with Crippen LogP contribution in [0.25, 0.3) is 10.8 Å². The van der Waals surface area contributed by atoms with Crippen molar-refractivity contribution in [2.75, 3.05) is 13.2 Å². The van der Waals surface area contributed by atoms with E-state index in [1.807, 2.05) is 0 Å². The van der Waals surface area contributed by atoms with Crippen LogP contribution in [0.1, 0.15) is 32.4 Å². The van der Waals surface area contributed by atoms with Crippen LogP contribution < -0.4 is 5.32 Å². The first-order valence-corrected chi connectivity index (χ1v) is 7.05. The number of benzene rings is 2. The Morgan fingerprint density at radius 2 is 1.79 bits per heavy atom. The normalized spacial score (nSPS) is 13.1. The molecule has 2 rings (SSSR count). The summed E-state index contributed by atoms with van der Waals surface area (Å²) in [5, 5.41) is 6.11. The molecular formula is C17H23NO. The van der Waals surface area contributed by atoms with E-state index < -0.39 is 0 Å². The first-order valence-electron chi connectivity index (χ1n) is 7.05. The van der Waals surface area contributed by atoms with Crippen molar-refractivity contribution in [3.63, 3.8) is 0 Å². The molecule has 0 amide bonds. The second-order valence-corrected chi connectivity index (χ2v) is 5.06. The highest BCUT2D eigenvalue weighted by Crippen LogP contribution is 2.24. The number of hydrogen-bond acceptors (Lipinski definition) is 2. The van der Waals surface area contributed by atoms with Gasteiger partial charge in [0.15, 0.2) is 0 Å². The predicted molar refractivity (Wildman–Crippen MR) is 81.5 cm³/mol. The van der Waals surface area contributed by atoms with E-state index in [1.165, 1.54) is 16.3 Å². The Morgan fingerprint density at radius 1 is 1.05 bits per heavy atom. The molecule has 0 aliphatic carbocycles. The van der Waals surface area contributed by atoms with Crippen LogP contribution in [0.2, 0.25) is 0 Å². The van der Waals surface area contributed by atoms with Crippen LogP contribution in [0.15, 0.2) is 42.5 Å². The van der Waals surface area contributed by atoms with E-state index in [1.54, 1.807) is 0 Å². The Bertz CT molecular complexity index is 516. The van der Waals surface area contributed by atoms with Crippen LogP contribution in [-0.2, 0) is 4.74 Å². The fraction of sp³-hybridized carbons (Fsp3) is 0.412. The molecule has 2 aromatic rings. The molecular weight excluding hydrogens is 234 g/mol. The monoisotopic (exact) mass is 257 g/mol. The van der Waals surface area contributed by atoms with Crippen molar-refractivity contribution in [2.45, 2.75) is 32.9 Å². The summed E-state index contributed by atoms with van der Waals surface area (Å²) in [7, 11) is 0. The second kappa shape index (κ2) is 6.69. The number of hydrogen-bond donors (Lipinski definition) is 1. The molecule has 0 spiro atoms. The predicted octanol–water partition coefficient (Wildman–Crippen LogP) is 3.92. The van der Waals surface area contributed by atoms with Crippen molar-refractivity contribution in [1.29, 1.82) is 0 Å². The molecule has 0 radical (unpaired) electrons. The SMILES string of the molecule is CCNC(COC(C)C)c1cccc2ccccc12. The van der Waals surface area contributed by atoms with E-state index >= 15 is 0 Å². The topological polar surface area (TPSA) is 21.3 Å². The third kappa shape index (κ3) is 3.55. The van der Waals surface area contributed by atoms with Crippen LogP contribution in [0.5, 0.6) is 0 Å². The van der Waals surface area contributed by atoms with Gasteiger partial charge in [0, 0.05) is 0 Å². The molecule has 1 unspecified atom stereocenters. The van der Waals surface area contributed by atoms with Gasteiger partial charge in [-0.1, -0.05) is 49.4 Å². The standard InChI is InChI=1S/C17H23NO/c1-4-18-17(12-19-13(2)3)16-11-7-9-14-8-5-6-10-15(14)16/h5-11,13,17-18H,4,12H2,1-3H3. The van der Waals surface area contributed by atoms with Gasteiger partial charge in [-0.05, 0) is 36.7 Å². The van der Waals surface area contributed by atoms with Gasteiger partial charge in [-0.3, -0.25) is 0 Å². The van der Waals surface area contributed by atoms with Crippen molar-refractivity contribution in [2.24, 2.45) is 0 Å². The minimum absolute atomic E-state index is 0.249. The smallest absolute Gasteiger partial charge is 0.0665 e. The van der Waals surface area contributed by atoms with Gasteiger partial charge < -0.3 is 10.1 Å². The molecule has 0 heterocycles. The molecule has 0 aliphatic rings. The fourth-order valence-corrected chi connectivity index (χ4v) is 2.35. The maximum atomic E-state index is 5.80. The summed E-state index contributed by atoms with van der Waals surface area (Å²) in [4.78, 5) is 0. The molecule has 2 heteroatoms. The maximum Gasteiger partial charge on any atom is 0.0665 e. The summed E-state index contributed by atoms with van der Waals surface area (Å²) in [6.07, 6.45) is 0.260. The van der Waals surface area contributed by atoms with E-state index in [0.717, 1.165) is 6.54 Å². The zero-order chi connectivity index (χ0) is 13.7. The van der Waals surface area contributed by atoms with E-state index in [9.17, 15) is 0 Å². The average Bonchev–Trinajstić information content (AvgIpc) is 2.43. The van der Waals surface area contributed by atoms with Crippen LogP contribution in [0.4, 0.5) is 0 Å². The minimum Gasteiger partial charge on any atom is -0.377 e. The third-order valence-corrected chi connectivity index (χ3v) is 3.25. The Kier molecular flexibility index (Phi) is 4.94. The highest BCUT2D eigenvalue weighted by molar-refractivity contribution is 5.86. The van der Waals surface area contributed by atoms with Gasteiger partial charge in [0.2, 0.25) is 0 Å². The third-order valence-electron chi connectivity index (χ3n) is 3.25. The Hall–Kier alpha value is -1.38. The Balaban J connectivity index is 2.32. The minimum atomic E-state index is 0.249. The fourth-order valence-electron chi connectivity index (χ4n) is 2.35. The molecule has 19 heavy (non-hydrogen) atoms. The van der Waals surface area contributed by atoms with Crippen LogP contribution in [0, 0.1) is 0 Å². The highest BCUT2D eigenvalue weighted by Gasteiger charge is 2.13. The van der Waals surface area contributed by atoms with E-state index in [-0.39, 0.29) is 12.1 Å². The quantitative estimate of drug-likeness (QED) is 0.847. The lowest BCUT2D eigenvalue weighted by Gasteiger charge is -2.21. The summed E-state index contributed by atoms with van der Waals surface area (Å²) in [6.45, 7) is 7.93. The summed E-state index contributed by atoms with van der Waals surface area (Å²) in [6, 6.07) is 15.2. The van der Waals surface area contributed by atoms with Crippen molar-refractivity contribution in [1.82, 2.24) is 5.32 Å². The Labute approximate surface area is 115 Å². The number of ether oxygens (including phenoxy) is 1. The van der Waals surface area contributed by atoms with E-state index in [0.29, 0.717) is 6.61 Å². The summed E-state index contributed by atoms with van der Waals surface area (Å²) >= 11 is 0. The molecule has 0 aromatic heterocycles. The summed E-state index contributed by atoms with van der Waals surface area (Å²) in [5.41, 5.74) is 1.32. The van der Waals surface area contributed by atoms with Gasteiger partial charge in [-0.25, -0.2) is 0 Å². The molecule has 1 atom stereocenters. The molecule has 102 valence electrons. The average molecular weight is 257 g/mol. The number of fused-ring (bicyclic) bond motifs is 1. The molecule has 0 fully saturated rings. The highest BCUT2D eigenvalue weighted by atomic mass is 16.5. The van der Waals surface area contributed by atoms with Crippen LogP contribution in [-0.4, -0.2) is 19.3 Å². The van der Waals surface area contributed by atoms with E-state index in [2.05, 4.69) is 68.6 Å². The summed E-state index contributed by atoms with van der Waals surface area (Å²) < 4.78 is 5.80. The molecule has 2 nitrogen and oxygen atoms in total. The second-order valence-electron chi connectivity index (χ2n) is 5.06. The van der Waals surface area contributed by atoms with E-state index in [4.69, 9.17) is 4.74 Å². The van der Waals surface area contributed by atoms with Crippen LogP contribution >= 0.6 is 0 Å². The number of rotatable bonds is 6. The maximum absolute atomic E-state index is 5.80. The zero-order valence-corrected chi connectivity index (χ0v) is 12.0. The first-order chi connectivity index (χ1) is 9.22. The Morgan fingerprint density at radius 3 is 2.53 bits per heavy atom. The molecule has 0 bridgehead atoms. The van der Waals surface area contributed by atoms with Crippen LogP contribution in [0.3, 0.4) is 0 Å². The first kappa shape index (κ1) is 14.0. The zero-order valence-electron chi connectivity index (χ0n) is 12.0. The largest absolute Gasteiger partial charge is 0.377 e. The lowest BCUT2D eigenvalue weighted by molar-refractivity contribution is 0.0617. The summed E-state index contributed by atoms with van der Waals surface area (Å²) in [5.74, 6) is 0. The lowest BCUT2D eigenvalue weighted by atomic mass is 9.99. The molecule has 1 N–H and O–H groups in total. The molecule has 2 aromatic carbocycles. The molecule has 0 saturated carbocycles. The van der Waals surface area contributed by atoms with Gasteiger partial charge in [-0.2, -0.15) is 0 Å². The van der Waals surface area contributed by atoms with Gasteiger partial charge in [0.25, 0.3) is 0 Å². The van der Waals surface area contributed by atoms with Crippen molar-refractivity contribution in [3.05, 3.63) is 48.0 Å².